The summed E-state index contributed by atoms with van der Waals surface area (Å²) < 4.78 is 15.7. The maximum atomic E-state index is 12.2. The summed E-state index contributed by atoms with van der Waals surface area (Å²) in [5.41, 5.74) is 5.91. The molecule has 0 aromatic carbocycles. The Morgan fingerprint density at radius 3 is 1.72 bits per heavy atom. The van der Waals surface area contributed by atoms with Gasteiger partial charge in [0.1, 0.15) is 5.60 Å². The van der Waals surface area contributed by atoms with Crippen molar-refractivity contribution >= 4 is 40.6 Å². The highest BCUT2D eigenvalue weighted by Crippen LogP contribution is 2.26. The van der Waals surface area contributed by atoms with Gasteiger partial charge in [0.15, 0.2) is 22.9 Å². The minimum absolute atomic E-state index is 0.167. The van der Waals surface area contributed by atoms with Gasteiger partial charge in [0.2, 0.25) is 0 Å². The van der Waals surface area contributed by atoms with Crippen LogP contribution in [0.2, 0.25) is 0 Å². The molecule has 6 rings (SSSR count). The number of thiophene rings is 2. The second-order valence-electron chi connectivity index (χ2n) is 14.4. The smallest absolute Gasteiger partial charge is 0.407 e. The molecule has 0 atom stereocenters. The summed E-state index contributed by atoms with van der Waals surface area (Å²) in [5.74, 6) is 0.868. The molecule has 4 aromatic heterocycles. The Bertz CT molecular complexity index is 1690. The lowest BCUT2D eigenvalue weighted by Gasteiger charge is -2.39. The summed E-state index contributed by atoms with van der Waals surface area (Å²) in [6.07, 6.45) is 5.87. The van der Waals surface area contributed by atoms with Gasteiger partial charge < -0.3 is 40.4 Å². The predicted octanol–water partition coefficient (Wildman–Crippen LogP) is 5.46. The highest BCUT2D eigenvalue weighted by atomic mass is 32.1. The van der Waals surface area contributed by atoms with Crippen LogP contribution in [0.1, 0.15) is 80.3 Å². The van der Waals surface area contributed by atoms with Crippen molar-refractivity contribution in [3.63, 3.8) is 0 Å². The third kappa shape index (κ3) is 13.4. The Morgan fingerprint density at radius 2 is 1.28 bits per heavy atom. The van der Waals surface area contributed by atoms with Gasteiger partial charge in [-0.2, -0.15) is 0 Å². The second kappa shape index (κ2) is 19.8. The van der Waals surface area contributed by atoms with Crippen LogP contribution in [0.25, 0.3) is 21.3 Å². The first-order valence-corrected chi connectivity index (χ1v) is 20.1. The van der Waals surface area contributed by atoms with E-state index in [1.165, 1.54) is 0 Å². The molecule has 0 radical (unpaired) electrons. The number of likely N-dealkylation sites (tertiary alicyclic amines) is 2. The topological polar surface area (TPSA) is 181 Å². The predicted molar refractivity (Wildman–Crippen MR) is 206 cm³/mol. The van der Waals surface area contributed by atoms with E-state index in [9.17, 15) is 14.4 Å². The summed E-state index contributed by atoms with van der Waals surface area (Å²) in [4.78, 5) is 42.5. The Kier molecular flexibility index (Phi) is 15.0. The van der Waals surface area contributed by atoms with E-state index in [2.05, 4.69) is 36.1 Å². The van der Waals surface area contributed by atoms with Crippen molar-refractivity contribution < 1.29 is 28.2 Å². The standard InChI is InChI=1S/C21H30N4O4S.C16H22N4O2S/c1-21(2,3)28-20(27)23-15-13-25(14-15)10-6-4-5-9-22-19(26)16-12-17(29-24-16)18-8-7-11-30-18;17-12-10-20(11-12)7-3-1-2-6-18-16(21)13-9-14(22-19-13)15-5-4-8-23-15/h7-8,11-12,15H,4-6,9-10,13-14H2,1-3H3,(H,22,26)(H,23,27);4-5,8-9,12H,1-3,6-7,10-11,17H2,(H,18,21). The van der Waals surface area contributed by atoms with E-state index in [1.807, 2.05) is 55.8 Å². The molecule has 2 saturated heterocycles. The Hall–Kier alpha value is -4.09. The first kappa shape index (κ1) is 40.1. The number of nitrogens with two attached hydrogens (primary N) is 1. The first-order valence-electron chi connectivity index (χ1n) is 18.3. The maximum absolute atomic E-state index is 12.2. The molecule has 14 nitrogen and oxygen atoms in total. The van der Waals surface area contributed by atoms with Gasteiger partial charge in [-0.15, -0.1) is 22.7 Å². The summed E-state index contributed by atoms with van der Waals surface area (Å²) >= 11 is 3.11. The molecule has 0 bridgehead atoms. The number of hydrogen-bond donors (Lipinski definition) is 4. The zero-order chi connectivity index (χ0) is 37.6. The molecular weight excluding hydrogens is 717 g/mol. The molecule has 3 amide bonds. The van der Waals surface area contributed by atoms with E-state index in [4.69, 9.17) is 19.5 Å². The number of nitrogens with one attached hydrogen (secondary N) is 3. The first-order chi connectivity index (χ1) is 25.5. The number of nitrogens with zero attached hydrogens (tertiary/aromatic N) is 4. The van der Waals surface area contributed by atoms with Crippen molar-refractivity contribution in [2.24, 2.45) is 5.73 Å². The van der Waals surface area contributed by atoms with Gasteiger partial charge >= 0.3 is 6.09 Å². The van der Waals surface area contributed by atoms with Gasteiger partial charge in [-0.1, -0.05) is 35.3 Å². The number of hydrogen-bond acceptors (Lipinski definition) is 13. The number of aromatic nitrogens is 2. The van der Waals surface area contributed by atoms with Gasteiger partial charge in [-0.25, -0.2) is 4.79 Å². The molecule has 16 heteroatoms. The average molecular weight is 769 g/mol. The average Bonchev–Trinajstić information content (AvgIpc) is 3.92. The number of carbonyl (C=O) groups is 3. The van der Waals surface area contributed by atoms with Gasteiger partial charge in [0.25, 0.3) is 11.8 Å². The Morgan fingerprint density at radius 1 is 0.792 bits per heavy atom. The summed E-state index contributed by atoms with van der Waals surface area (Å²) in [6.45, 7) is 12.7. The van der Waals surface area contributed by atoms with Crippen LogP contribution in [-0.2, 0) is 4.74 Å². The van der Waals surface area contributed by atoms with Crippen LogP contribution < -0.4 is 21.7 Å². The SMILES string of the molecule is CC(C)(C)OC(=O)NC1CN(CCCCCNC(=O)c2cc(-c3cccs3)on2)C1.NC1CN(CCCCCNC(=O)c2cc(-c3cccs3)on2)C1. The van der Waals surface area contributed by atoms with Crippen LogP contribution in [0.3, 0.4) is 0 Å². The lowest BCUT2D eigenvalue weighted by atomic mass is 10.1. The van der Waals surface area contributed by atoms with Crippen LogP contribution in [-0.4, -0.2) is 108 Å². The number of alkyl carbamates (subject to hydrolysis) is 1. The molecule has 0 aliphatic carbocycles. The molecule has 0 saturated carbocycles. The molecule has 2 fully saturated rings. The number of carbonyl (C=O) groups excluding carboxylic acids is 3. The lowest BCUT2D eigenvalue weighted by Crippen LogP contribution is -2.59. The maximum Gasteiger partial charge on any atom is 0.407 e. The van der Waals surface area contributed by atoms with Gasteiger partial charge in [0.05, 0.1) is 15.8 Å². The number of ether oxygens (including phenoxy) is 1. The molecule has 0 unspecified atom stereocenters. The van der Waals surface area contributed by atoms with Crippen LogP contribution in [0.4, 0.5) is 4.79 Å². The molecule has 4 aromatic rings. The fourth-order valence-corrected chi connectivity index (χ4v) is 7.15. The Labute approximate surface area is 318 Å². The van der Waals surface area contributed by atoms with Gasteiger partial charge in [-0.05, 0) is 82.4 Å². The van der Waals surface area contributed by atoms with E-state index >= 15 is 0 Å². The summed E-state index contributed by atoms with van der Waals surface area (Å²) in [7, 11) is 0. The zero-order valence-corrected chi connectivity index (χ0v) is 32.4. The third-order valence-electron chi connectivity index (χ3n) is 8.55. The Balaban J connectivity index is 0.000000211. The third-order valence-corrected chi connectivity index (χ3v) is 10.3. The van der Waals surface area contributed by atoms with E-state index in [0.29, 0.717) is 42.0 Å². The quantitative estimate of drug-likeness (QED) is 0.100. The summed E-state index contributed by atoms with van der Waals surface area (Å²) in [6, 6.07) is 11.6. The monoisotopic (exact) mass is 768 g/mol. The van der Waals surface area contributed by atoms with Crippen molar-refractivity contribution in [3.8, 4) is 21.3 Å². The van der Waals surface area contributed by atoms with Crippen LogP contribution >= 0.6 is 22.7 Å². The second-order valence-corrected chi connectivity index (χ2v) is 16.3. The van der Waals surface area contributed by atoms with Crippen LogP contribution in [0.15, 0.2) is 56.2 Å². The van der Waals surface area contributed by atoms with E-state index < -0.39 is 5.60 Å². The minimum Gasteiger partial charge on any atom is -0.444 e. The minimum atomic E-state index is -0.469. The zero-order valence-electron chi connectivity index (χ0n) is 30.8. The molecule has 53 heavy (non-hydrogen) atoms. The fraction of sp³-hybridized carbons (Fsp3) is 0.541. The molecule has 2 aliphatic heterocycles. The molecule has 0 spiro atoms. The molecular formula is C37H52N8O6S2. The molecule has 288 valence electrons. The van der Waals surface area contributed by atoms with Crippen molar-refractivity contribution in [2.75, 3.05) is 52.4 Å². The highest BCUT2D eigenvalue weighted by molar-refractivity contribution is 7.13. The van der Waals surface area contributed by atoms with Crippen LogP contribution in [0, 0.1) is 0 Å². The lowest BCUT2D eigenvalue weighted by molar-refractivity contribution is 0.0400. The van der Waals surface area contributed by atoms with Gasteiger partial charge in [-0.3, -0.25) is 14.5 Å². The molecule has 2 aliphatic rings. The van der Waals surface area contributed by atoms with Gasteiger partial charge in [0, 0.05) is 57.4 Å². The molecule has 5 N–H and O–H groups in total. The van der Waals surface area contributed by atoms with E-state index in [1.54, 1.807) is 34.8 Å². The number of rotatable bonds is 17. The van der Waals surface area contributed by atoms with Crippen molar-refractivity contribution in [1.29, 1.82) is 0 Å². The normalized spacial score (nSPS) is 15.2. The van der Waals surface area contributed by atoms with E-state index in [0.717, 1.165) is 87.5 Å². The van der Waals surface area contributed by atoms with Crippen molar-refractivity contribution in [1.82, 2.24) is 36.1 Å². The van der Waals surface area contributed by atoms with E-state index in [-0.39, 0.29) is 23.9 Å². The number of unbranched alkanes of at least 4 members (excludes halogenated alkanes) is 4. The van der Waals surface area contributed by atoms with Crippen LogP contribution in [0.5, 0.6) is 0 Å². The van der Waals surface area contributed by atoms with Crippen molar-refractivity contribution in [2.45, 2.75) is 77.0 Å². The highest BCUT2D eigenvalue weighted by Gasteiger charge is 2.29. The van der Waals surface area contributed by atoms with Crippen molar-refractivity contribution in [3.05, 3.63) is 58.5 Å². The largest absolute Gasteiger partial charge is 0.444 e. The molecule has 6 heterocycles. The number of amides is 3. The fourth-order valence-electron chi connectivity index (χ4n) is 5.80. The summed E-state index contributed by atoms with van der Waals surface area (Å²) in [5, 5.41) is 20.3.